The minimum Gasteiger partial charge on any atom is -0.489 e. The molecule has 0 radical (unpaired) electrons. The molecule has 1 aromatic heterocycles. The summed E-state index contributed by atoms with van der Waals surface area (Å²) in [7, 11) is 1.67. The van der Waals surface area contributed by atoms with Gasteiger partial charge in [0.15, 0.2) is 0 Å². The number of rotatable bonds is 6. The van der Waals surface area contributed by atoms with Crippen LogP contribution >= 0.6 is 0 Å². The van der Waals surface area contributed by atoms with E-state index in [9.17, 15) is 33.3 Å². The van der Waals surface area contributed by atoms with Crippen LogP contribution in [-0.4, -0.2) is 59.4 Å². The first-order chi connectivity index (χ1) is 21.9. The van der Waals surface area contributed by atoms with Crippen LogP contribution in [0.2, 0.25) is 0 Å². The number of aromatic nitrogens is 1. The fraction of sp³-hybridized carbons (Fsp3) is 0.219. The molecule has 3 N–H and O–H groups in total. The third-order valence-corrected chi connectivity index (χ3v) is 7.18. The molecule has 46 heavy (non-hydrogen) atoms. The van der Waals surface area contributed by atoms with Gasteiger partial charge in [0.1, 0.15) is 36.2 Å². The molecular formula is C32H27F3N6O5. The van der Waals surface area contributed by atoms with Gasteiger partial charge in [0.05, 0.1) is 35.0 Å². The number of carboxylic acid groups (broad SMARTS) is 1. The molecule has 11 nitrogen and oxygen atoms in total. The smallest absolute Gasteiger partial charge is 0.489 e. The van der Waals surface area contributed by atoms with Gasteiger partial charge in [0.2, 0.25) is 5.91 Å². The second-order valence-electron chi connectivity index (χ2n) is 10.00. The maximum Gasteiger partial charge on any atom is 0.490 e. The van der Waals surface area contributed by atoms with E-state index in [1.807, 2.05) is 42.5 Å². The molecule has 3 aromatic carbocycles. The number of para-hydroxylation sites is 4. The zero-order chi connectivity index (χ0) is 33.6. The second-order valence-corrected chi connectivity index (χ2v) is 10.00. The van der Waals surface area contributed by atoms with Gasteiger partial charge in [0.25, 0.3) is 5.91 Å². The number of benzene rings is 3. The third-order valence-electron chi connectivity index (χ3n) is 7.18. The zero-order valence-electron chi connectivity index (χ0n) is 24.5. The van der Waals surface area contributed by atoms with Crippen LogP contribution in [0.25, 0.3) is 16.6 Å². The average molecular weight is 633 g/mol. The maximum atomic E-state index is 13.9. The summed E-state index contributed by atoms with van der Waals surface area (Å²) in [6.07, 6.45) is -5.08. The average Bonchev–Trinajstić information content (AvgIpc) is 3.30. The minimum absolute atomic E-state index is 0.0308. The van der Waals surface area contributed by atoms with E-state index in [4.69, 9.17) is 14.6 Å². The number of amides is 2. The molecule has 5 rings (SSSR count). The van der Waals surface area contributed by atoms with Crippen molar-refractivity contribution >= 4 is 34.4 Å². The number of fused-ring (bicyclic) bond motifs is 2. The fourth-order valence-corrected chi connectivity index (χ4v) is 4.80. The molecule has 236 valence electrons. The number of nitriles is 2. The quantitative estimate of drug-likeness (QED) is 0.287. The number of nitrogens with one attached hydrogen (secondary N) is 2. The Morgan fingerprint density at radius 3 is 2.26 bits per heavy atom. The summed E-state index contributed by atoms with van der Waals surface area (Å²) in [5, 5.41) is 33.7. The molecule has 0 fully saturated rings. The molecule has 0 saturated carbocycles. The summed E-state index contributed by atoms with van der Waals surface area (Å²) >= 11 is 0. The van der Waals surface area contributed by atoms with Gasteiger partial charge >= 0.3 is 12.1 Å². The third kappa shape index (κ3) is 6.77. The normalized spacial score (nSPS) is 14.8. The Bertz CT molecular complexity index is 1870. The lowest BCUT2D eigenvalue weighted by molar-refractivity contribution is -0.192. The number of hydrogen-bond donors (Lipinski definition) is 3. The van der Waals surface area contributed by atoms with Gasteiger partial charge in [-0.25, -0.2) is 4.79 Å². The van der Waals surface area contributed by atoms with Crippen molar-refractivity contribution in [1.29, 1.82) is 10.5 Å². The maximum absolute atomic E-state index is 13.9. The van der Waals surface area contributed by atoms with Crippen molar-refractivity contribution in [3.05, 3.63) is 89.6 Å². The monoisotopic (exact) mass is 632 g/mol. The lowest BCUT2D eigenvalue weighted by Gasteiger charge is -2.25. The predicted octanol–water partition coefficient (Wildman–Crippen LogP) is 4.03. The lowest BCUT2D eigenvalue weighted by atomic mass is 10.1. The van der Waals surface area contributed by atoms with Gasteiger partial charge < -0.3 is 25.4 Å². The molecule has 4 aromatic rings. The molecule has 2 heterocycles. The number of carbonyl (C=O) groups excluding carboxylic acids is 2. The standard InChI is InChI=1S/C30H26N6O3.C2HF3O2/c1-19(33-2)29(37)34-23-18-39-28-14-8-7-13-26(28)35(30(23)38)17-22-21-10-4-6-12-25(21)36(27(22)16-32)24-11-5-3-9-20(24)15-31;3-2(4,5)1(6)7/h3-14,19,23,33H,17-18H2,1-2H3,(H,34,37);(H,6,7)/t19-,23-;/m0./s1. The van der Waals surface area contributed by atoms with Crippen molar-refractivity contribution in [2.75, 3.05) is 18.6 Å². The van der Waals surface area contributed by atoms with Crippen molar-refractivity contribution < 1.29 is 37.4 Å². The number of carbonyl (C=O) groups is 3. The number of likely N-dealkylation sites (N-methyl/N-ethyl adjacent to an activating group) is 1. The SMILES string of the molecule is CN[C@@H](C)C(=O)N[C@H]1COc2ccccc2N(Cc2c(C#N)n(-c3ccccc3C#N)c3ccccc23)C1=O.O=C(O)C(F)(F)F. The number of carboxylic acids is 1. The Morgan fingerprint density at radius 1 is 1.02 bits per heavy atom. The fourth-order valence-electron chi connectivity index (χ4n) is 4.80. The largest absolute Gasteiger partial charge is 0.490 e. The lowest BCUT2D eigenvalue weighted by Crippen LogP contribution is -2.53. The number of aliphatic carboxylic acids is 1. The van der Waals surface area contributed by atoms with E-state index in [1.54, 1.807) is 53.8 Å². The van der Waals surface area contributed by atoms with Crippen molar-refractivity contribution in [2.24, 2.45) is 0 Å². The summed E-state index contributed by atoms with van der Waals surface area (Å²) in [6, 6.07) is 24.9. The van der Waals surface area contributed by atoms with E-state index in [2.05, 4.69) is 22.8 Å². The van der Waals surface area contributed by atoms with Gasteiger partial charge in [0, 0.05) is 10.9 Å². The van der Waals surface area contributed by atoms with Crippen molar-refractivity contribution in [1.82, 2.24) is 15.2 Å². The number of ether oxygens (including phenoxy) is 1. The zero-order valence-corrected chi connectivity index (χ0v) is 24.5. The summed E-state index contributed by atoms with van der Waals surface area (Å²) in [5.41, 5.74) is 3.23. The number of halogens is 3. The van der Waals surface area contributed by atoms with Gasteiger partial charge in [-0.2, -0.15) is 23.7 Å². The molecule has 0 saturated heterocycles. The van der Waals surface area contributed by atoms with Crippen molar-refractivity contribution in [3.63, 3.8) is 0 Å². The van der Waals surface area contributed by atoms with Crippen LogP contribution in [0.3, 0.4) is 0 Å². The van der Waals surface area contributed by atoms with Gasteiger partial charge in [-0.1, -0.05) is 42.5 Å². The van der Waals surface area contributed by atoms with Crippen LogP contribution in [0.4, 0.5) is 18.9 Å². The first kappa shape index (κ1) is 33.0. The summed E-state index contributed by atoms with van der Waals surface area (Å²) < 4.78 is 39.5. The highest BCUT2D eigenvalue weighted by Crippen LogP contribution is 2.36. The van der Waals surface area contributed by atoms with Crippen LogP contribution in [0.1, 0.15) is 23.7 Å². The molecule has 0 bridgehead atoms. The van der Waals surface area contributed by atoms with Crippen LogP contribution in [-0.2, 0) is 20.9 Å². The number of alkyl halides is 3. The van der Waals surface area contributed by atoms with Crippen LogP contribution in [0.15, 0.2) is 72.8 Å². The van der Waals surface area contributed by atoms with E-state index < -0.39 is 24.2 Å². The number of hydrogen-bond acceptors (Lipinski definition) is 7. The Hall–Kier alpha value is -5.86. The Balaban J connectivity index is 0.000000617. The molecule has 0 unspecified atom stereocenters. The molecule has 1 aliphatic heterocycles. The number of nitrogens with zero attached hydrogens (tertiary/aromatic N) is 4. The molecule has 0 aliphatic carbocycles. The minimum atomic E-state index is -5.08. The Kier molecular flexibility index (Phi) is 9.94. The molecule has 14 heteroatoms. The first-order valence-electron chi connectivity index (χ1n) is 13.8. The molecular weight excluding hydrogens is 605 g/mol. The van der Waals surface area contributed by atoms with E-state index in [0.29, 0.717) is 33.9 Å². The van der Waals surface area contributed by atoms with E-state index >= 15 is 0 Å². The highest BCUT2D eigenvalue weighted by Gasteiger charge is 2.38. The van der Waals surface area contributed by atoms with Crippen LogP contribution in [0.5, 0.6) is 5.75 Å². The Morgan fingerprint density at radius 2 is 1.63 bits per heavy atom. The van der Waals surface area contributed by atoms with Crippen molar-refractivity contribution in [3.8, 4) is 23.6 Å². The van der Waals surface area contributed by atoms with Crippen LogP contribution in [0, 0.1) is 22.7 Å². The van der Waals surface area contributed by atoms with Gasteiger partial charge in [-0.3, -0.25) is 14.2 Å². The molecule has 0 spiro atoms. The summed E-state index contributed by atoms with van der Waals surface area (Å²) in [6.45, 7) is 1.73. The van der Waals surface area contributed by atoms with E-state index in [0.717, 1.165) is 10.9 Å². The summed E-state index contributed by atoms with van der Waals surface area (Å²) in [4.78, 5) is 37.1. The molecule has 2 amide bonds. The number of anilines is 1. The summed E-state index contributed by atoms with van der Waals surface area (Å²) in [5.74, 6) is -2.93. The van der Waals surface area contributed by atoms with E-state index in [-0.39, 0.29) is 25.0 Å². The molecule has 1 aliphatic rings. The van der Waals surface area contributed by atoms with E-state index in [1.165, 1.54) is 0 Å². The highest BCUT2D eigenvalue weighted by molar-refractivity contribution is 6.02. The molecule has 2 atom stereocenters. The van der Waals surface area contributed by atoms with Crippen molar-refractivity contribution in [2.45, 2.75) is 31.7 Å². The van der Waals surface area contributed by atoms with Gasteiger partial charge in [-0.15, -0.1) is 0 Å². The van der Waals surface area contributed by atoms with Crippen LogP contribution < -0.4 is 20.3 Å². The highest BCUT2D eigenvalue weighted by atomic mass is 19.4. The second kappa shape index (κ2) is 13.8. The predicted molar refractivity (Wildman–Crippen MR) is 160 cm³/mol. The first-order valence-corrected chi connectivity index (χ1v) is 13.8. The topological polar surface area (TPSA) is 160 Å². The Labute approximate surface area is 261 Å². The van der Waals surface area contributed by atoms with Gasteiger partial charge in [-0.05, 0) is 44.3 Å².